The first-order valence-corrected chi connectivity index (χ1v) is 8.73. The summed E-state index contributed by atoms with van der Waals surface area (Å²) in [5.41, 5.74) is 1.15. The first-order valence-electron chi connectivity index (χ1n) is 6.37. The van der Waals surface area contributed by atoms with E-state index in [-0.39, 0.29) is 4.90 Å². The van der Waals surface area contributed by atoms with E-state index in [1.165, 1.54) is 0 Å². The van der Waals surface area contributed by atoms with Crippen LogP contribution in [0.25, 0.3) is 5.00 Å². The van der Waals surface area contributed by atoms with Crippen molar-refractivity contribution in [3.05, 3.63) is 65.7 Å². The number of sulfonamides is 1. The molecule has 2 aromatic heterocycles. The summed E-state index contributed by atoms with van der Waals surface area (Å²) in [7, 11) is -3.57. The van der Waals surface area contributed by atoms with Crippen molar-refractivity contribution < 1.29 is 8.42 Å². The van der Waals surface area contributed by atoms with Gasteiger partial charge in [-0.15, -0.1) is 11.3 Å². The molecule has 0 atom stereocenters. The molecule has 1 aromatic carbocycles. The molecule has 0 amide bonds. The normalized spacial score (nSPS) is 11.5. The fraction of sp³-hybridized carbons (Fsp3) is 0.0667. The number of benzene rings is 1. The van der Waals surface area contributed by atoms with Gasteiger partial charge in [0, 0.05) is 6.20 Å². The largest absolute Gasteiger partial charge is 0.294 e. The van der Waals surface area contributed by atoms with Crippen molar-refractivity contribution in [3.8, 4) is 5.00 Å². The zero-order valence-corrected chi connectivity index (χ0v) is 13.0. The molecule has 4 nitrogen and oxygen atoms in total. The molecule has 0 aliphatic heterocycles. The van der Waals surface area contributed by atoms with E-state index in [4.69, 9.17) is 0 Å². The highest BCUT2D eigenvalue weighted by atomic mass is 32.2. The Morgan fingerprint density at radius 3 is 2.52 bits per heavy atom. The summed E-state index contributed by atoms with van der Waals surface area (Å²) in [5.74, 6) is 0.528. The van der Waals surface area contributed by atoms with E-state index in [1.807, 2.05) is 35.2 Å². The van der Waals surface area contributed by atoms with Crippen LogP contribution in [-0.2, 0) is 10.0 Å². The van der Waals surface area contributed by atoms with Crippen LogP contribution in [0.1, 0.15) is 5.56 Å². The van der Waals surface area contributed by atoms with Gasteiger partial charge < -0.3 is 0 Å². The molecule has 0 aliphatic rings. The molecule has 1 N–H and O–H groups in total. The van der Waals surface area contributed by atoms with Crippen LogP contribution in [0, 0.1) is 6.92 Å². The van der Waals surface area contributed by atoms with Crippen molar-refractivity contribution in [1.29, 1.82) is 0 Å². The molecule has 0 saturated carbocycles. The van der Waals surface area contributed by atoms with Crippen LogP contribution in [0.5, 0.6) is 0 Å². The molecule has 0 saturated heterocycles. The van der Waals surface area contributed by atoms with Gasteiger partial charge in [-0.1, -0.05) is 18.2 Å². The summed E-state index contributed by atoms with van der Waals surface area (Å²) < 4.78 is 29.2. The predicted octanol–water partition coefficient (Wildman–Crippen LogP) is 3.65. The van der Waals surface area contributed by atoms with Crippen molar-refractivity contribution >= 4 is 27.2 Å². The maximum atomic E-state index is 12.4. The molecular formula is C15H14N2O2S2. The average Bonchev–Trinajstić information content (AvgIpc) is 3.08. The molecule has 3 aromatic rings. The first-order chi connectivity index (χ1) is 10.1. The quantitative estimate of drug-likeness (QED) is 0.798. The molecule has 0 aliphatic carbocycles. The third kappa shape index (κ3) is 2.86. The summed E-state index contributed by atoms with van der Waals surface area (Å²) in [4.78, 5) is 0.250. The predicted molar refractivity (Wildman–Crippen MR) is 85.6 cm³/mol. The minimum atomic E-state index is -3.57. The van der Waals surface area contributed by atoms with Crippen molar-refractivity contribution in [3.63, 3.8) is 0 Å². The Bertz CT molecular complexity index is 849. The number of anilines is 1. The van der Waals surface area contributed by atoms with Crippen LogP contribution in [-0.4, -0.2) is 13.0 Å². The lowest BCUT2D eigenvalue weighted by atomic mass is 10.4. The fourth-order valence-corrected chi connectivity index (χ4v) is 3.97. The molecule has 21 heavy (non-hydrogen) atoms. The molecule has 3 rings (SSSR count). The average molecular weight is 318 g/mol. The van der Waals surface area contributed by atoms with Gasteiger partial charge in [-0.2, -0.15) is 0 Å². The van der Waals surface area contributed by atoms with Crippen molar-refractivity contribution in [2.45, 2.75) is 11.8 Å². The number of hydrogen-bond acceptors (Lipinski definition) is 3. The Morgan fingerprint density at radius 1 is 1.10 bits per heavy atom. The van der Waals surface area contributed by atoms with E-state index >= 15 is 0 Å². The van der Waals surface area contributed by atoms with Gasteiger partial charge >= 0.3 is 0 Å². The minimum Gasteiger partial charge on any atom is -0.294 e. The third-order valence-electron chi connectivity index (χ3n) is 3.00. The summed E-state index contributed by atoms with van der Waals surface area (Å²) >= 11 is 1.57. The Labute approximate surface area is 127 Å². The zero-order chi connectivity index (χ0) is 14.9. The number of rotatable bonds is 4. The maximum absolute atomic E-state index is 12.4. The van der Waals surface area contributed by atoms with Crippen LogP contribution in [0.2, 0.25) is 0 Å². The topological polar surface area (TPSA) is 51.1 Å². The molecule has 0 spiro atoms. The molecule has 6 heteroatoms. The second-order valence-corrected chi connectivity index (χ2v) is 7.22. The Balaban J connectivity index is 1.95. The van der Waals surface area contributed by atoms with E-state index in [0.717, 1.165) is 10.6 Å². The number of nitrogens with one attached hydrogen (secondary N) is 1. The van der Waals surface area contributed by atoms with Crippen molar-refractivity contribution in [2.24, 2.45) is 0 Å². The second kappa shape index (κ2) is 5.38. The third-order valence-corrected chi connectivity index (χ3v) is 5.41. The zero-order valence-electron chi connectivity index (χ0n) is 11.4. The highest BCUT2D eigenvalue weighted by Gasteiger charge is 2.16. The molecule has 0 bridgehead atoms. The van der Waals surface area contributed by atoms with Gasteiger partial charge in [-0.25, -0.2) is 8.42 Å². The minimum absolute atomic E-state index is 0.250. The van der Waals surface area contributed by atoms with Gasteiger partial charge in [0.25, 0.3) is 10.0 Å². The SMILES string of the molecule is Cc1csc(-n2cccc2NS(=O)(=O)c2ccccc2)c1. The Kier molecular flexibility index (Phi) is 3.57. The van der Waals surface area contributed by atoms with E-state index in [2.05, 4.69) is 4.72 Å². The number of thiophene rings is 1. The molecule has 0 radical (unpaired) electrons. The van der Waals surface area contributed by atoms with Crippen molar-refractivity contribution in [1.82, 2.24) is 4.57 Å². The van der Waals surface area contributed by atoms with E-state index in [0.29, 0.717) is 5.82 Å². The number of nitrogens with zero attached hydrogens (tertiary/aromatic N) is 1. The van der Waals surface area contributed by atoms with Gasteiger partial charge in [0.1, 0.15) is 10.8 Å². The lowest BCUT2D eigenvalue weighted by Gasteiger charge is -2.10. The van der Waals surface area contributed by atoms with Crippen molar-refractivity contribution in [2.75, 3.05) is 4.72 Å². The smallest absolute Gasteiger partial charge is 0.263 e. The maximum Gasteiger partial charge on any atom is 0.263 e. The number of hydrogen-bond donors (Lipinski definition) is 1. The van der Waals surface area contributed by atoms with Gasteiger partial charge in [0.2, 0.25) is 0 Å². The summed E-state index contributed by atoms with van der Waals surface area (Å²) in [6, 6.07) is 13.9. The first kappa shape index (κ1) is 13.9. The van der Waals surface area contributed by atoms with Crippen LogP contribution >= 0.6 is 11.3 Å². The highest BCUT2D eigenvalue weighted by molar-refractivity contribution is 7.92. The highest BCUT2D eigenvalue weighted by Crippen LogP contribution is 2.25. The molecule has 108 valence electrons. The second-order valence-electron chi connectivity index (χ2n) is 4.64. The summed E-state index contributed by atoms with van der Waals surface area (Å²) in [6.45, 7) is 2.01. The standard InChI is InChI=1S/C15H14N2O2S2/c1-12-10-15(20-11-12)17-9-5-8-14(17)16-21(18,19)13-6-3-2-4-7-13/h2-11,16H,1H3. The summed E-state index contributed by atoms with van der Waals surface area (Å²) in [5, 5.41) is 3.01. The van der Waals surface area contributed by atoms with Crippen LogP contribution < -0.4 is 4.72 Å². The Morgan fingerprint density at radius 2 is 1.86 bits per heavy atom. The molecule has 0 fully saturated rings. The Hall–Kier alpha value is -2.05. The van der Waals surface area contributed by atoms with Crippen LogP contribution in [0.3, 0.4) is 0 Å². The van der Waals surface area contributed by atoms with Gasteiger partial charge in [0.05, 0.1) is 4.90 Å². The monoisotopic (exact) mass is 318 g/mol. The summed E-state index contributed by atoms with van der Waals surface area (Å²) in [6.07, 6.45) is 1.84. The van der Waals surface area contributed by atoms with Gasteiger partial charge in [-0.05, 0) is 48.2 Å². The van der Waals surface area contributed by atoms with E-state index in [9.17, 15) is 8.42 Å². The molecular weight excluding hydrogens is 304 g/mol. The lowest BCUT2D eigenvalue weighted by Crippen LogP contribution is -2.14. The number of aromatic nitrogens is 1. The van der Waals surface area contributed by atoms with E-state index in [1.54, 1.807) is 47.7 Å². The van der Waals surface area contributed by atoms with E-state index < -0.39 is 10.0 Å². The molecule has 0 unspecified atom stereocenters. The number of aryl methyl sites for hydroxylation is 1. The van der Waals surface area contributed by atoms with Gasteiger partial charge in [-0.3, -0.25) is 9.29 Å². The van der Waals surface area contributed by atoms with Crippen LogP contribution in [0.15, 0.2) is 65.0 Å². The lowest BCUT2D eigenvalue weighted by molar-refractivity contribution is 0.601. The van der Waals surface area contributed by atoms with Gasteiger partial charge in [0.15, 0.2) is 0 Å². The van der Waals surface area contributed by atoms with Crippen LogP contribution in [0.4, 0.5) is 5.82 Å². The fourth-order valence-electron chi connectivity index (χ4n) is 1.99. The molecule has 2 heterocycles.